The van der Waals surface area contributed by atoms with Gasteiger partial charge in [-0.3, -0.25) is 4.79 Å². The lowest BCUT2D eigenvalue weighted by Crippen LogP contribution is -2.40. The molecule has 0 saturated carbocycles. The highest BCUT2D eigenvalue weighted by Crippen LogP contribution is 2.27. The van der Waals surface area contributed by atoms with Crippen molar-refractivity contribution in [1.29, 1.82) is 0 Å². The summed E-state index contributed by atoms with van der Waals surface area (Å²) in [6, 6.07) is 4.82. The molecule has 1 aromatic heterocycles. The average molecular weight is 303 g/mol. The van der Waals surface area contributed by atoms with Crippen molar-refractivity contribution in [2.45, 2.75) is 46.1 Å². The molecule has 0 spiro atoms. The van der Waals surface area contributed by atoms with Crippen LogP contribution in [0.2, 0.25) is 0 Å². The summed E-state index contributed by atoms with van der Waals surface area (Å²) < 4.78 is 5.67. The zero-order valence-corrected chi connectivity index (χ0v) is 13.1. The summed E-state index contributed by atoms with van der Waals surface area (Å²) in [6.45, 7) is 5.70. The van der Waals surface area contributed by atoms with Crippen LogP contribution in [0.4, 0.5) is 0 Å². The number of aliphatic carboxylic acids is 1. The molecule has 2 N–H and O–H groups in total. The van der Waals surface area contributed by atoms with E-state index in [9.17, 15) is 14.7 Å². The third-order valence-electron chi connectivity index (χ3n) is 3.82. The number of nitrogens with one attached hydrogen (secondary N) is 1. The van der Waals surface area contributed by atoms with E-state index in [0.29, 0.717) is 12.0 Å². The van der Waals surface area contributed by atoms with Crippen molar-refractivity contribution in [3.05, 3.63) is 35.1 Å². The van der Waals surface area contributed by atoms with Crippen LogP contribution in [-0.4, -0.2) is 23.0 Å². The highest BCUT2D eigenvalue weighted by molar-refractivity contribution is 6.00. The Labute approximate surface area is 129 Å². The minimum Gasteiger partial charge on any atom is -0.480 e. The molecule has 0 fully saturated rings. The predicted octanol–water partition coefficient (Wildman–Crippen LogP) is 3.42. The van der Waals surface area contributed by atoms with Gasteiger partial charge in [-0.1, -0.05) is 38.0 Å². The number of carbonyl (C=O) groups excluding carboxylic acids is 1. The van der Waals surface area contributed by atoms with Crippen LogP contribution in [0.25, 0.3) is 11.0 Å². The average Bonchev–Trinajstić information content (AvgIpc) is 2.82. The van der Waals surface area contributed by atoms with Crippen molar-refractivity contribution in [3.8, 4) is 0 Å². The van der Waals surface area contributed by atoms with Crippen LogP contribution in [0.3, 0.4) is 0 Å². The molecule has 2 rings (SSSR count). The topological polar surface area (TPSA) is 79.5 Å². The zero-order chi connectivity index (χ0) is 16.3. The molecule has 0 radical (unpaired) electrons. The van der Waals surface area contributed by atoms with Crippen LogP contribution in [-0.2, 0) is 4.79 Å². The normalized spacial score (nSPS) is 12.3. The van der Waals surface area contributed by atoms with Gasteiger partial charge in [-0.25, -0.2) is 4.79 Å². The second-order valence-corrected chi connectivity index (χ2v) is 5.51. The number of carboxylic acid groups (broad SMARTS) is 1. The number of benzene rings is 1. The van der Waals surface area contributed by atoms with Gasteiger partial charge in [0.05, 0.1) is 0 Å². The van der Waals surface area contributed by atoms with Crippen molar-refractivity contribution in [3.63, 3.8) is 0 Å². The van der Waals surface area contributed by atoms with Gasteiger partial charge in [-0.15, -0.1) is 0 Å². The number of furan rings is 1. The van der Waals surface area contributed by atoms with Gasteiger partial charge in [-0.2, -0.15) is 0 Å². The molecular formula is C17H21NO4. The van der Waals surface area contributed by atoms with Crippen LogP contribution in [0.5, 0.6) is 0 Å². The molecule has 1 heterocycles. The zero-order valence-electron chi connectivity index (χ0n) is 13.1. The molecular weight excluding hydrogens is 282 g/mol. The van der Waals surface area contributed by atoms with Gasteiger partial charge in [0.1, 0.15) is 11.6 Å². The molecule has 0 saturated heterocycles. The van der Waals surface area contributed by atoms with Gasteiger partial charge >= 0.3 is 5.97 Å². The molecule has 5 nitrogen and oxygen atoms in total. The molecule has 1 aromatic carbocycles. The Kier molecular flexibility index (Phi) is 4.85. The van der Waals surface area contributed by atoms with Crippen molar-refractivity contribution >= 4 is 22.8 Å². The Morgan fingerprint density at radius 1 is 1.32 bits per heavy atom. The van der Waals surface area contributed by atoms with Gasteiger partial charge in [0.2, 0.25) is 0 Å². The molecule has 0 aliphatic rings. The number of para-hydroxylation sites is 1. The van der Waals surface area contributed by atoms with E-state index in [1.807, 2.05) is 39.0 Å². The molecule has 0 unspecified atom stereocenters. The molecule has 0 aliphatic heterocycles. The molecule has 1 atom stereocenters. The highest BCUT2D eigenvalue weighted by atomic mass is 16.4. The van der Waals surface area contributed by atoms with Crippen LogP contribution >= 0.6 is 0 Å². The van der Waals surface area contributed by atoms with Gasteiger partial charge < -0.3 is 14.8 Å². The Bertz CT molecular complexity index is 702. The summed E-state index contributed by atoms with van der Waals surface area (Å²) in [5.41, 5.74) is 2.35. The number of unbranched alkanes of at least 4 members (excludes halogenated alkanes) is 1. The summed E-state index contributed by atoms with van der Waals surface area (Å²) in [5, 5.41) is 12.6. The molecule has 2 aromatic rings. The fourth-order valence-electron chi connectivity index (χ4n) is 2.49. The molecule has 0 aliphatic carbocycles. The van der Waals surface area contributed by atoms with E-state index in [1.54, 1.807) is 0 Å². The van der Waals surface area contributed by atoms with Crippen LogP contribution in [0.1, 0.15) is 47.9 Å². The largest absolute Gasteiger partial charge is 0.480 e. The molecule has 1 amide bonds. The Hall–Kier alpha value is -2.30. The third kappa shape index (κ3) is 3.13. The fraction of sp³-hybridized carbons (Fsp3) is 0.412. The van der Waals surface area contributed by atoms with E-state index in [0.717, 1.165) is 29.4 Å². The second-order valence-electron chi connectivity index (χ2n) is 5.51. The second kappa shape index (κ2) is 6.64. The molecule has 22 heavy (non-hydrogen) atoms. The van der Waals surface area contributed by atoms with E-state index in [-0.39, 0.29) is 5.76 Å². The molecule has 118 valence electrons. The van der Waals surface area contributed by atoms with E-state index in [2.05, 4.69) is 5.32 Å². The lowest BCUT2D eigenvalue weighted by atomic mass is 10.1. The summed E-state index contributed by atoms with van der Waals surface area (Å²) in [5.74, 6) is -1.31. The number of rotatable bonds is 6. The maximum absolute atomic E-state index is 12.4. The van der Waals surface area contributed by atoms with Crippen molar-refractivity contribution in [2.75, 3.05) is 0 Å². The fourth-order valence-corrected chi connectivity index (χ4v) is 2.49. The van der Waals surface area contributed by atoms with Crippen molar-refractivity contribution in [1.82, 2.24) is 5.32 Å². The minimum atomic E-state index is -1.02. The van der Waals surface area contributed by atoms with Gasteiger partial charge in [-0.05, 0) is 25.8 Å². The third-order valence-corrected chi connectivity index (χ3v) is 3.82. The molecule has 5 heteroatoms. The van der Waals surface area contributed by atoms with Gasteiger partial charge in [0.25, 0.3) is 5.91 Å². The first-order chi connectivity index (χ1) is 10.5. The monoisotopic (exact) mass is 303 g/mol. The van der Waals surface area contributed by atoms with Gasteiger partial charge in [0.15, 0.2) is 5.76 Å². The van der Waals surface area contributed by atoms with Crippen LogP contribution < -0.4 is 5.32 Å². The maximum atomic E-state index is 12.4. The Morgan fingerprint density at radius 3 is 2.64 bits per heavy atom. The summed E-state index contributed by atoms with van der Waals surface area (Å²) in [7, 11) is 0. The summed E-state index contributed by atoms with van der Waals surface area (Å²) in [4.78, 5) is 23.6. The minimum absolute atomic E-state index is 0.187. The predicted molar refractivity (Wildman–Crippen MR) is 84.1 cm³/mol. The van der Waals surface area contributed by atoms with Crippen molar-refractivity contribution in [2.24, 2.45) is 0 Å². The number of carbonyl (C=O) groups is 2. The number of aryl methyl sites for hydroxylation is 2. The lowest BCUT2D eigenvalue weighted by Gasteiger charge is -2.13. The number of fused-ring (bicyclic) bond motifs is 1. The number of amides is 1. The van der Waals surface area contributed by atoms with E-state index >= 15 is 0 Å². The van der Waals surface area contributed by atoms with E-state index in [1.165, 1.54) is 0 Å². The number of hydrogen-bond donors (Lipinski definition) is 2. The first-order valence-electron chi connectivity index (χ1n) is 7.48. The van der Waals surface area contributed by atoms with E-state index < -0.39 is 17.9 Å². The number of hydrogen-bond acceptors (Lipinski definition) is 3. The summed E-state index contributed by atoms with van der Waals surface area (Å²) in [6.07, 6.45) is 2.04. The lowest BCUT2D eigenvalue weighted by molar-refractivity contribution is -0.139. The SMILES string of the molecule is CCCC[C@H](NC(=O)c1oc2c(C)cccc2c1C)C(=O)O. The highest BCUT2D eigenvalue weighted by Gasteiger charge is 2.24. The molecule has 0 bridgehead atoms. The quantitative estimate of drug-likeness (QED) is 0.857. The van der Waals surface area contributed by atoms with Crippen LogP contribution in [0.15, 0.2) is 22.6 Å². The first-order valence-corrected chi connectivity index (χ1v) is 7.48. The Balaban J connectivity index is 2.27. The van der Waals surface area contributed by atoms with E-state index in [4.69, 9.17) is 4.42 Å². The maximum Gasteiger partial charge on any atom is 0.326 e. The summed E-state index contributed by atoms with van der Waals surface area (Å²) >= 11 is 0. The van der Waals surface area contributed by atoms with Gasteiger partial charge in [0, 0.05) is 10.9 Å². The number of carboxylic acids is 1. The van der Waals surface area contributed by atoms with Crippen molar-refractivity contribution < 1.29 is 19.1 Å². The Morgan fingerprint density at radius 2 is 2.05 bits per heavy atom. The standard InChI is InChI=1S/C17H21NO4/c1-4-5-9-13(17(20)21)18-16(19)15-11(3)12-8-6-7-10(2)14(12)22-15/h6-8,13H,4-5,9H2,1-3H3,(H,18,19)(H,20,21)/t13-/m0/s1. The smallest absolute Gasteiger partial charge is 0.326 e. The van der Waals surface area contributed by atoms with Crippen LogP contribution in [0, 0.1) is 13.8 Å². The first kappa shape index (κ1) is 16.1.